The molecule has 0 bridgehead atoms. The molecule has 0 saturated carbocycles. The number of para-hydroxylation sites is 1. The van der Waals surface area contributed by atoms with E-state index in [1.165, 1.54) is 0 Å². The molecule has 0 aliphatic carbocycles. The van der Waals surface area contributed by atoms with Crippen LogP contribution in [0.5, 0.6) is 5.75 Å². The SMILES string of the molecule is CCCC(CN)NC(=O)Cc1ccccc1OC. The lowest BCUT2D eigenvalue weighted by Crippen LogP contribution is -2.40. The molecule has 0 spiro atoms. The van der Waals surface area contributed by atoms with E-state index in [9.17, 15) is 4.79 Å². The molecule has 18 heavy (non-hydrogen) atoms. The number of amides is 1. The first-order valence-electron chi connectivity index (χ1n) is 6.32. The lowest BCUT2D eigenvalue weighted by atomic mass is 10.1. The highest BCUT2D eigenvalue weighted by molar-refractivity contribution is 5.79. The van der Waals surface area contributed by atoms with Gasteiger partial charge in [0.2, 0.25) is 5.91 Å². The number of methoxy groups -OCH3 is 1. The molecule has 1 aromatic carbocycles. The maximum Gasteiger partial charge on any atom is 0.224 e. The van der Waals surface area contributed by atoms with E-state index in [0.29, 0.717) is 13.0 Å². The monoisotopic (exact) mass is 250 g/mol. The molecule has 0 radical (unpaired) electrons. The molecular weight excluding hydrogens is 228 g/mol. The maximum absolute atomic E-state index is 11.9. The third-order valence-corrected chi connectivity index (χ3v) is 2.83. The fourth-order valence-electron chi connectivity index (χ4n) is 1.90. The van der Waals surface area contributed by atoms with Crippen LogP contribution in [0.1, 0.15) is 25.3 Å². The van der Waals surface area contributed by atoms with Crippen LogP contribution < -0.4 is 15.8 Å². The van der Waals surface area contributed by atoms with Gasteiger partial charge in [-0.1, -0.05) is 31.5 Å². The van der Waals surface area contributed by atoms with Gasteiger partial charge in [0, 0.05) is 18.2 Å². The van der Waals surface area contributed by atoms with Crippen LogP contribution in [0.3, 0.4) is 0 Å². The first-order valence-corrected chi connectivity index (χ1v) is 6.32. The molecule has 3 N–H and O–H groups in total. The average molecular weight is 250 g/mol. The standard InChI is InChI=1S/C14H22N2O2/c1-3-6-12(10-15)16-14(17)9-11-7-4-5-8-13(11)18-2/h4-5,7-8,12H,3,6,9-10,15H2,1-2H3,(H,16,17). The van der Waals surface area contributed by atoms with Gasteiger partial charge in [-0.25, -0.2) is 0 Å². The zero-order valence-corrected chi connectivity index (χ0v) is 11.1. The number of benzene rings is 1. The second-order valence-corrected chi connectivity index (χ2v) is 4.28. The van der Waals surface area contributed by atoms with Crippen LogP contribution >= 0.6 is 0 Å². The Hall–Kier alpha value is -1.55. The fourth-order valence-corrected chi connectivity index (χ4v) is 1.90. The van der Waals surface area contributed by atoms with Crippen molar-refractivity contribution < 1.29 is 9.53 Å². The molecule has 1 aromatic rings. The highest BCUT2D eigenvalue weighted by Gasteiger charge is 2.12. The van der Waals surface area contributed by atoms with Crippen molar-refractivity contribution in [2.45, 2.75) is 32.2 Å². The van der Waals surface area contributed by atoms with Crippen molar-refractivity contribution in [1.82, 2.24) is 5.32 Å². The van der Waals surface area contributed by atoms with Crippen LogP contribution in [0, 0.1) is 0 Å². The van der Waals surface area contributed by atoms with E-state index in [4.69, 9.17) is 10.5 Å². The van der Waals surface area contributed by atoms with Gasteiger partial charge in [0.1, 0.15) is 5.75 Å². The van der Waals surface area contributed by atoms with E-state index >= 15 is 0 Å². The minimum Gasteiger partial charge on any atom is -0.496 e. The first kappa shape index (κ1) is 14.5. The number of nitrogens with two attached hydrogens (primary N) is 1. The molecule has 4 heteroatoms. The van der Waals surface area contributed by atoms with Crippen LogP contribution in [0.15, 0.2) is 24.3 Å². The van der Waals surface area contributed by atoms with Gasteiger partial charge in [-0.3, -0.25) is 4.79 Å². The van der Waals surface area contributed by atoms with Crippen molar-refractivity contribution in [3.05, 3.63) is 29.8 Å². The van der Waals surface area contributed by atoms with Gasteiger partial charge in [0.15, 0.2) is 0 Å². The van der Waals surface area contributed by atoms with Gasteiger partial charge in [0.05, 0.1) is 13.5 Å². The lowest BCUT2D eigenvalue weighted by Gasteiger charge is -2.16. The number of rotatable bonds is 7. The number of hydrogen-bond acceptors (Lipinski definition) is 3. The van der Waals surface area contributed by atoms with E-state index in [2.05, 4.69) is 12.2 Å². The van der Waals surface area contributed by atoms with Crippen molar-refractivity contribution in [3.8, 4) is 5.75 Å². The number of hydrogen-bond donors (Lipinski definition) is 2. The molecule has 0 fully saturated rings. The van der Waals surface area contributed by atoms with Crippen LogP contribution in [0.4, 0.5) is 0 Å². The lowest BCUT2D eigenvalue weighted by molar-refractivity contribution is -0.121. The molecule has 4 nitrogen and oxygen atoms in total. The molecular formula is C14H22N2O2. The van der Waals surface area contributed by atoms with Gasteiger partial charge in [-0.2, -0.15) is 0 Å². The Bertz CT molecular complexity index is 380. The minimum absolute atomic E-state index is 0.0107. The fraction of sp³-hybridized carbons (Fsp3) is 0.500. The third kappa shape index (κ3) is 4.37. The second kappa shape index (κ2) is 7.71. The predicted octanol–water partition coefficient (Wildman–Crippen LogP) is 1.48. The molecule has 1 atom stereocenters. The summed E-state index contributed by atoms with van der Waals surface area (Å²) in [6.07, 6.45) is 2.25. The summed E-state index contributed by atoms with van der Waals surface area (Å²) >= 11 is 0. The summed E-state index contributed by atoms with van der Waals surface area (Å²) in [5.74, 6) is 0.732. The summed E-state index contributed by atoms with van der Waals surface area (Å²) in [6.45, 7) is 2.56. The molecule has 1 unspecified atom stereocenters. The smallest absolute Gasteiger partial charge is 0.224 e. The predicted molar refractivity (Wildman–Crippen MR) is 72.6 cm³/mol. The molecule has 1 amide bonds. The summed E-state index contributed by atoms with van der Waals surface area (Å²) in [7, 11) is 1.61. The summed E-state index contributed by atoms with van der Waals surface area (Å²) in [4.78, 5) is 11.9. The van der Waals surface area contributed by atoms with Gasteiger partial charge in [-0.05, 0) is 12.5 Å². The van der Waals surface area contributed by atoms with Crippen molar-refractivity contribution in [2.24, 2.45) is 5.73 Å². The maximum atomic E-state index is 11.9. The third-order valence-electron chi connectivity index (χ3n) is 2.83. The van der Waals surface area contributed by atoms with Gasteiger partial charge in [0.25, 0.3) is 0 Å². The van der Waals surface area contributed by atoms with Gasteiger partial charge < -0.3 is 15.8 Å². The summed E-state index contributed by atoms with van der Waals surface area (Å²) < 4.78 is 5.22. The molecule has 100 valence electrons. The Morgan fingerprint density at radius 2 is 2.17 bits per heavy atom. The second-order valence-electron chi connectivity index (χ2n) is 4.28. The van der Waals surface area contributed by atoms with Crippen molar-refractivity contribution in [3.63, 3.8) is 0 Å². The summed E-state index contributed by atoms with van der Waals surface area (Å²) in [5, 5.41) is 2.95. The molecule has 0 aromatic heterocycles. The Kier molecular flexibility index (Phi) is 6.22. The van der Waals surface area contributed by atoms with Crippen LogP contribution in [-0.2, 0) is 11.2 Å². The zero-order valence-electron chi connectivity index (χ0n) is 11.1. The minimum atomic E-state index is -0.0107. The molecule has 0 aliphatic heterocycles. The zero-order chi connectivity index (χ0) is 13.4. The topological polar surface area (TPSA) is 64.3 Å². The van der Waals surface area contributed by atoms with Crippen molar-refractivity contribution in [1.29, 1.82) is 0 Å². The first-order chi connectivity index (χ1) is 8.71. The highest BCUT2D eigenvalue weighted by Crippen LogP contribution is 2.17. The van der Waals surface area contributed by atoms with E-state index in [1.807, 2.05) is 24.3 Å². The molecule has 0 heterocycles. The Morgan fingerprint density at radius 3 is 2.78 bits per heavy atom. The number of carbonyl (C=O) groups excluding carboxylic acids is 1. The highest BCUT2D eigenvalue weighted by atomic mass is 16.5. The normalized spacial score (nSPS) is 11.9. The number of ether oxygens (including phenoxy) is 1. The van der Waals surface area contributed by atoms with E-state index in [1.54, 1.807) is 7.11 Å². The van der Waals surface area contributed by atoms with E-state index in [-0.39, 0.29) is 11.9 Å². The van der Waals surface area contributed by atoms with Crippen LogP contribution in [0.25, 0.3) is 0 Å². The summed E-state index contributed by atoms with van der Waals surface area (Å²) in [5.41, 5.74) is 6.51. The van der Waals surface area contributed by atoms with Gasteiger partial charge >= 0.3 is 0 Å². The van der Waals surface area contributed by atoms with Crippen LogP contribution in [0.2, 0.25) is 0 Å². The Labute approximate surface area is 109 Å². The van der Waals surface area contributed by atoms with E-state index in [0.717, 1.165) is 24.2 Å². The molecule has 0 saturated heterocycles. The molecule has 0 aliphatic rings. The van der Waals surface area contributed by atoms with Gasteiger partial charge in [-0.15, -0.1) is 0 Å². The average Bonchev–Trinajstić information content (AvgIpc) is 2.38. The number of carbonyl (C=O) groups is 1. The summed E-state index contributed by atoms with van der Waals surface area (Å²) in [6, 6.07) is 7.61. The quantitative estimate of drug-likeness (QED) is 0.770. The van der Waals surface area contributed by atoms with E-state index < -0.39 is 0 Å². The van der Waals surface area contributed by atoms with Crippen molar-refractivity contribution in [2.75, 3.05) is 13.7 Å². The molecule has 1 rings (SSSR count). The Balaban J connectivity index is 2.58. The van der Waals surface area contributed by atoms with Crippen LogP contribution in [-0.4, -0.2) is 25.6 Å². The van der Waals surface area contributed by atoms with Crippen molar-refractivity contribution >= 4 is 5.91 Å². The number of nitrogens with one attached hydrogen (secondary N) is 1. The largest absolute Gasteiger partial charge is 0.496 e. The Morgan fingerprint density at radius 1 is 1.44 bits per heavy atom.